The van der Waals surface area contributed by atoms with E-state index in [0.29, 0.717) is 6.04 Å². The number of rotatable bonds is 6. The Bertz CT molecular complexity index is 346. The molecule has 1 heterocycles. The lowest BCUT2D eigenvalue weighted by molar-refractivity contribution is 0.116. The summed E-state index contributed by atoms with van der Waals surface area (Å²) in [5.74, 6) is 0. The van der Waals surface area contributed by atoms with Crippen molar-refractivity contribution in [3.8, 4) is 0 Å². The van der Waals surface area contributed by atoms with Crippen LogP contribution in [0.5, 0.6) is 0 Å². The summed E-state index contributed by atoms with van der Waals surface area (Å²) in [5, 5.41) is 11.6. The molecule has 0 saturated carbocycles. The van der Waals surface area contributed by atoms with E-state index in [4.69, 9.17) is 0 Å². The monoisotopic (exact) mass is 239 g/mol. The highest BCUT2D eigenvalue weighted by atomic mass is 15.4. The molecule has 0 bridgehead atoms. The Morgan fingerprint density at radius 2 is 2.18 bits per heavy atom. The largest absolute Gasteiger partial charge is 0.315 e. The minimum absolute atomic E-state index is 0.117. The minimum atomic E-state index is 0.117. The van der Waals surface area contributed by atoms with Gasteiger partial charge in [-0.1, -0.05) is 12.1 Å². The van der Waals surface area contributed by atoms with Gasteiger partial charge in [-0.15, -0.1) is 5.10 Å². The SMILES string of the molecule is CCC(C)(C(Cc1cn(C)nn1)NC)N(C)C. The van der Waals surface area contributed by atoms with Gasteiger partial charge in [0.1, 0.15) is 0 Å². The molecule has 0 aliphatic rings. The molecule has 0 aromatic carbocycles. The predicted octanol–water partition coefficient (Wildman–Crippen LogP) is 0.676. The fourth-order valence-electron chi connectivity index (χ4n) is 2.21. The second-order valence-electron chi connectivity index (χ2n) is 5.03. The second kappa shape index (κ2) is 5.60. The van der Waals surface area contributed by atoms with Crippen LogP contribution in [0.2, 0.25) is 0 Å². The van der Waals surface area contributed by atoms with Crippen molar-refractivity contribution in [3.05, 3.63) is 11.9 Å². The van der Waals surface area contributed by atoms with Crippen molar-refractivity contribution in [1.82, 2.24) is 25.2 Å². The molecule has 0 amide bonds. The van der Waals surface area contributed by atoms with Gasteiger partial charge in [-0.3, -0.25) is 4.68 Å². The van der Waals surface area contributed by atoms with Crippen LogP contribution < -0.4 is 5.32 Å². The predicted molar refractivity (Wildman–Crippen MR) is 69.9 cm³/mol. The van der Waals surface area contributed by atoms with Crippen molar-refractivity contribution in [1.29, 1.82) is 0 Å². The van der Waals surface area contributed by atoms with Gasteiger partial charge in [0.15, 0.2) is 0 Å². The van der Waals surface area contributed by atoms with Crippen LogP contribution in [0.1, 0.15) is 26.0 Å². The third kappa shape index (κ3) is 3.04. The first kappa shape index (κ1) is 14.1. The van der Waals surface area contributed by atoms with Gasteiger partial charge in [0.25, 0.3) is 0 Å². The molecule has 2 atom stereocenters. The molecule has 5 nitrogen and oxygen atoms in total. The average molecular weight is 239 g/mol. The van der Waals surface area contributed by atoms with Crippen LogP contribution in [0.4, 0.5) is 0 Å². The molecule has 17 heavy (non-hydrogen) atoms. The molecular weight excluding hydrogens is 214 g/mol. The topological polar surface area (TPSA) is 46.0 Å². The summed E-state index contributed by atoms with van der Waals surface area (Å²) in [6, 6.07) is 0.360. The average Bonchev–Trinajstić information content (AvgIpc) is 2.70. The Morgan fingerprint density at radius 1 is 1.53 bits per heavy atom. The van der Waals surface area contributed by atoms with Crippen molar-refractivity contribution in [2.24, 2.45) is 7.05 Å². The minimum Gasteiger partial charge on any atom is -0.315 e. The van der Waals surface area contributed by atoms with E-state index < -0.39 is 0 Å². The first-order valence-electron chi connectivity index (χ1n) is 6.14. The number of nitrogens with one attached hydrogen (secondary N) is 1. The molecule has 0 radical (unpaired) electrons. The summed E-state index contributed by atoms with van der Waals surface area (Å²) in [5.41, 5.74) is 1.15. The van der Waals surface area contributed by atoms with Crippen LogP contribution in [0.15, 0.2) is 6.20 Å². The molecule has 0 aliphatic carbocycles. The fraction of sp³-hybridized carbons (Fsp3) is 0.833. The zero-order valence-electron chi connectivity index (χ0n) is 11.9. The summed E-state index contributed by atoms with van der Waals surface area (Å²) in [6.45, 7) is 4.51. The van der Waals surface area contributed by atoms with Crippen molar-refractivity contribution in [2.45, 2.75) is 38.3 Å². The molecule has 98 valence electrons. The van der Waals surface area contributed by atoms with Gasteiger partial charge in [0, 0.05) is 31.2 Å². The number of likely N-dealkylation sites (N-methyl/N-ethyl adjacent to an activating group) is 2. The smallest absolute Gasteiger partial charge is 0.0843 e. The van der Waals surface area contributed by atoms with Crippen molar-refractivity contribution >= 4 is 0 Å². The number of hydrogen-bond acceptors (Lipinski definition) is 4. The van der Waals surface area contributed by atoms with Gasteiger partial charge in [-0.05, 0) is 34.5 Å². The third-order valence-corrected chi connectivity index (χ3v) is 3.90. The van der Waals surface area contributed by atoms with E-state index in [1.54, 1.807) is 4.68 Å². The standard InChI is InChI=1S/C12H25N5/c1-7-12(2,16(4)5)11(13-3)8-10-9-17(6)15-14-10/h9,11,13H,7-8H2,1-6H3. The highest BCUT2D eigenvalue weighted by molar-refractivity contribution is 5.03. The number of hydrogen-bond donors (Lipinski definition) is 1. The Kier molecular flexibility index (Phi) is 4.65. The highest BCUT2D eigenvalue weighted by Gasteiger charge is 2.34. The maximum atomic E-state index is 4.17. The lowest BCUT2D eigenvalue weighted by Gasteiger charge is -2.42. The fourth-order valence-corrected chi connectivity index (χ4v) is 2.21. The van der Waals surface area contributed by atoms with Gasteiger partial charge in [-0.2, -0.15) is 0 Å². The summed E-state index contributed by atoms with van der Waals surface area (Å²) in [4.78, 5) is 2.28. The molecule has 1 N–H and O–H groups in total. The van der Waals surface area contributed by atoms with Gasteiger partial charge in [0.05, 0.1) is 5.69 Å². The van der Waals surface area contributed by atoms with Crippen LogP contribution in [0.25, 0.3) is 0 Å². The zero-order chi connectivity index (χ0) is 13.1. The van der Waals surface area contributed by atoms with Gasteiger partial charge in [-0.25, -0.2) is 0 Å². The number of aryl methyl sites for hydroxylation is 1. The van der Waals surface area contributed by atoms with Crippen molar-refractivity contribution in [3.63, 3.8) is 0 Å². The Hall–Kier alpha value is -0.940. The van der Waals surface area contributed by atoms with Crippen LogP contribution in [0, 0.1) is 0 Å². The van der Waals surface area contributed by atoms with E-state index in [9.17, 15) is 0 Å². The van der Waals surface area contributed by atoms with Crippen LogP contribution in [-0.2, 0) is 13.5 Å². The molecule has 0 fully saturated rings. The zero-order valence-corrected chi connectivity index (χ0v) is 11.9. The summed E-state index contributed by atoms with van der Waals surface area (Å²) >= 11 is 0. The highest BCUT2D eigenvalue weighted by Crippen LogP contribution is 2.23. The summed E-state index contributed by atoms with van der Waals surface area (Å²) in [7, 11) is 8.17. The molecule has 0 saturated heterocycles. The Labute approximate surface area is 104 Å². The normalized spacial score (nSPS) is 17.1. The lowest BCUT2D eigenvalue weighted by atomic mass is 9.85. The van der Waals surface area contributed by atoms with Crippen LogP contribution in [-0.4, -0.2) is 52.6 Å². The molecule has 1 aromatic heterocycles. The first-order chi connectivity index (χ1) is 7.93. The van der Waals surface area contributed by atoms with Gasteiger partial charge < -0.3 is 10.2 Å². The maximum absolute atomic E-state index is 4.17. The molecule has 0 aliphatic heterocycles. The quantitative estimate of drug-likeness (QED) is 0.793. The van der Waals surface area contributed by atoms with Crippen molar-refractivity contribution < 1.29 is 0 Å². The number of nitrogens with zero attached hydrogens (tertiary/aromatic N) is 4. The molecule has 1 rings (SSSR count). The van der Waals surface area contributed by atoms with E-state index in [2.05, 4.69) is 48.5 Å². The van der Waals surface area contributed by atoms with E-state index in [0.717, 1.165) is 18.5 Å². The molecular formula is C12H25N5. The summed E-state index contributed by atoms with van der Waals surface area (Å²) in [6.07, 6.45) is 3.97. The molecule has 1 aromatic rings. The van der Waals surface area contributed by atoms with Gasteiger partial charge in [0.2, 0.25) is 0 Å². The molecule has 5 heteroatoms. The molecule has 2 unspecified atom stereocenters. The third-order valence-electron chi connectivity index (χ3n) is 3.90. The van der Waals surface area contributed by atoms with E-state index >= 15 is 0 Å². The van der Waals surface area contributed by atoms with E-state index in [-0.39, 0.29) is 5.54 Å². The van der Waals surface area contributed by atoms with Crippen molar-refractivity contribution in [2.75, 3.05) is 21.1 Å². The Balaban J connectivity index is 2.83. The van der Waals surface area contributed by atoms with Crippen LogP contribution >= 0.6 is 0 Å². The first-order valence-corrected chi connectivity index (χ1v) is 6.14. The van der Waals surface area contributed by atoms with Crippen LogP contribution in [0.3, 0.4) is 0 Å². The van der Waals surface area contributed by atoms with Gasteiger partial charge >= 0.3 is 0 Å². The number of aromatic nitrogens is 3. The lowest BCUT2D eigenvalue weighted by Crippen LogP contribution is -2.57. The second-order valence-corrected chi connectivity index (χ2v) is 5.03. The summed E-state index contributed by atoms with van der Waals surface area (Å²) < 4.78 is 1.75. The maximum Gasteiger partial charge on any atom is 0.0843 e. The van der Waals surface area contributed by atoms with E-state index in [1.807, 2.05) is 20.3 Å². The van der Waals surface area contributed by atoms with E-state index in [1.165, 1.54) is 0 Å². The Morgan fingerprint density at radius 3 is 2.53 bits per heavy atom. The molecule has 0 spiro atoms.